The van der Waals surface area contributed by atoms with Gasteiger partial charge in [-0.05, 0) is 37.1 Å². The SMILES string of the molecule is c1ccc(-c2ncc(-c3ccncc3)c([C@@H]3CCCNC3)n2)cc1. The summed E-state index contributed by atoms with van der Waals surface area (Å²) in [7, 11) is 0. The van der Waals surface area contributed by atoms with Gasteiger partial charge in [-0.1, -0.05) is 30.3 Å². The van der Waals surface area contributed by atoms with Crippen molar-refractivity contribution in [2.75, 3.05) is 13.1 Å². The Bertz CT molecular complexity index is 796. The maximum Gasteiger partial charge on any atom is 0.159 e. The predicted molar refractivity (Wildman–Crippen MR) is 95.5 cm³/mol. The number of nitrogens with zero attached hydrogens (tertiary/aromatic N) is 3. The molecule has 4 nitrogen and oxygen atoms in total. The minimum absolute atomic E-state index is 0.423. The number of piperidine rings is 1. The van der Waals surface area contributed by atoms with Crippen LogP contribution in [-0.4, -0.2) is 28.0 Å². The summed E-state index contributed by atoms with van der Waals surface area (Å²) in [5.41, 5.74) is 4.45. The molecule has 1 aliphatic rings. The van der Waals surface area contributed by atoms with Gasteiger partial charge in [-0.15, -0.1) is 0 Å². The molecule has 0 saturated carbocycles. The van der Waals surface area contributed by atoms with Crippen molar-refractivity contribution in [3.8, 4) is 22.5 Å². The maximum absolute atomic E-state index is 4.97. The molecule has 0 radical (unpaired) electrons. The van der Waals surface area contributed by atoms with E-state index in [4.69, 9.17) is 4.98 Å². The lowest BCUT2D eigenvalue weighted by Gasteiger charge is -2.24. The summed E-state index contributed by atoms with van der Waals surface area (Å²) < 4.78 is 0. The van der Waals surface area contributed by atoms with Crippen molar-refractivity contribution in [1.29, 1.82) is 0 Å². The van der Waals surface area contributed by atoms with Crippen LogP contribution >= 0.6 is 0 Å². The quantitative estimate of drug-likeness (QED) is 0.801. The van der Waals surface area contributed by atoms with E-state index in [1.165, 1.54) is 6.42 Å². The summed E-state index contributed by atoms with van der Waals surface area (Å²) in [6.07, 6.45) is 7.96. The number of nitrogens with one attached hydrogen (secondary N) is 1. The second-order valence-corrected chi connectivity index (χ2v) is 6.14. The highest BCUT2D eigenvalue weighted by molar-refractivity contribution is 5.67. The van der Waals surface area contributed by atoms with Gasteiger partial charge in [-0.2, -0.15) is 0 Å². The van der Waals surface area contributed by atoms with E-state index in [1.54, 1.807) is 0 Å². The summed E-state index contributed by atoms with van der Waals surface area (Å²) in [5.74, 6) is 1.22. The summed E-state index contributed by atoms with van der Waals surface area (Å²) in [4.78, 5) is 13.7. The molecule has 1 atom stereocenters. The fourth-order valence-corrected chi connectivity index (χ4v) is 3.27. The number of pyridine rings is 1. The average molecular weight is 316 g/mol. The second kappa shape index (κ2) is 6.89. The second-order valence-electron chi connectivity index (χ2n) is 6.14. The van der Waals surface area contributed by atoms with Gasteiger partial charge in [0.05, 0.1) is 5.69 Å². The van der Waals surface area contributed by atoms with Crippen LogP contribution in [0.2, 0.25) is 0 Å². The molecule has 4 rings (SSSR count). The topological polar surface area (TPSA) is 50.7 Å². The van der Waals surface area contributed by atoms with Gasteiger partial charge in [0.25, 0.3) is 0 Å². The highest BCUT2D eigenvalue weighted by Crippen LogP contribution is 2.32. The minimum atomic E-state index is 0.423. The molecule has 0 aliphatic carbocycles. The molecule has 1 N–H and O–H groups in total. The van der Waals surface area contributed by atoms with Crippen molar-refractivity contribution in [1.82, 2.24) is 20.3 Å². The van der Waals surface area contributed by atoms with Crippen LogP contribution < -0.4 is 5.32 Å². The average Bonchev–Trinajstić information content (AvgIpc) is 2.69. The van der Waals surface area contributed by atoms with Gasteiger partial charge in [0.15, 0.2) is 5.82 Å². The fourth-order valence-electron chi connectivity index (χ4n) is 3.27. The molecule has 2 aromatic heterocycles. The highest BCUT2D eigenvalue weighted by atomic mass is 14.9. The number of aromatic nitrogens is 3. The Kier molecular flexibility index (Phi) is 4.30. The highest BCUT2D eigenvalue weighted by Gasteiger charge is 2.21. The summed E-state index contributed by atoms with van der Waals surface area (Å²) in [5, 5.41) is 3.50. The summed E-state index contributed by atoms with van der Waals surface area (Å²) in [6, 6.07) is 14.2. The first kappa shape index (κ1) is 15.0. The van der Waals surface area contributed by atoms with Gasteiger partial charge < -0.3 is 5.32 Å². The summed E-state index contributed by atoms with van der Waals surface area (Å²) in [6.45, 7) is 2.07. The lowest BCUT2D eigenvalue weighted by atomic mass is 9.91. The van der Waals surface area contributed by atoms with Gasteiger partial charge in [-0.25, -0.2) is 9.97 Å². The zero-order valence-corrected chi connectivity index (χ0v) is 13.5. The standard InChI is InChI=1S/C20H20N4/c1-2-5-16(6-3-1)20-23-14-18(15-8-11-21-12-9-15)19(24-20)17-7-4-10-22-13-17/h1-3,5-6,8-9,11-12,14,17,22H,4,7,10,13H2/t17-/m1/s1. The van der Waals surface area contributed by atoms with E-state index in [9.17, 15) is 0 Å². The van der Waals surface area contributed by atoms with Crippen LogP contribution in [-0.2, 0) is 0 Å². The first-order valence-electron chi connectivity index (χ1n) is 8.45. The van der Waals surface area contributed by atoms with E-state index in [0.29, 0.717) is 5.92 Å². The van der Waals surface area contributed by atoms with Crippen molar-refractivity contribution >= 4 is 0 Å². The minimum Gasteiger partial charge on any atom is -0.316 e. The lowest BCUT2D eigenvalue weighted by molar-refractivity contribution is 0.455. The van der Waals surface area contributed by atoms with E-state index in [-0.39, 0.29) is 0 Å². The van der Waals surface area contributed by atoms with Crippen LogP contribution in [0, 0.1) is 0 Å². The van der Waals surface area contributed by atoms with Crippen LogP contribution in [0.25, 0.3) is 22.5 Å². The van der Waals surface area contributed by atoms with Crippen molar-refractivity contribution in [2.45, 2.75) is 18.8 Å². The van der Waals surface area contributed by atoms with Crippen molar-refractivity contribution < 1.29 is 0 Å². The monoisotopic (exact) mass is 316 g/mol. The number of hydrogen-bond acceptors (Lipinski definition) is 4. The first-order chi connectivity index (χ1) is 11.9. The molecular weight excluding hydrogens is 296 g/mol. The van der Waals surface area contributed by atoms with Gasteiger partial charge in [0.1, 0.15) is 0 Å². The maximum atomic E-state index is 4.97. The Labute approximate surface area is 142 Å². The largest absolute Gasteiger partial charge is 0.316 e. The molecule has 1 saturated heterocycles. The third kappa shape index (κ3) is 3.05. The molecule has 0 spiro atoms. The van der Waals surface area contributed by atoms with Crippen LogP contribution in [0.15, 0.2) is 61.1 Å². The Hall–Kier alpha value is -2.59. The lowest BCUT2D eigenvalue weighted by Crippen LogP contribution is -2.29. The van der Waals surface area contributed by atoms with E-state index in [0.717, 1.165) is 47.7 Å². The van der Waals surface area contributed by atoms with Gasteiger partial charge in [-0.3, -0.25) is 4.98 Å². The number of hydrogen-bond donors (Lipinski definition) is 1. The Morgan fingerprint density at radius 2 is 1.79 bits per heavy atom. The van der Waals surface area contributed by atoms with Crippen LogP contribution in [0.1, 0.15) is 24.5 Å². The van der Waals surface area contributed by atoms with E-state index in [2.05, 4.69) is 27.4 Å². The molecule has 1 aliphatic heterocycles. The van der Waals surface area contributed by atoms with Crippen LogP contribution in [0.4, 0.5) is 0 Å². The Balaban J connectivity index is 1.81. The summed E-state index contributed by atoms with van der Waals surface area (Å²) >= 11 is 0. The third-order valence-electron chi connectivity index (χ3n) is 4.53. The van der Waals surface area contributed by atoms with E-state index >= 15 is 0 Å². The first-order valence-corrected chi connectivity index (χ1v) is 8.45. The van der Waals surface area contributed by atoms with Gasteiger partial charge in [0.2, 0.25) is 0 Å². The normalized spacial score (nSPS) is 17.6. The molecule has 1 fully saturated rings. The van der Waals surface area contributed by atoms with Gasteiger partial charge >= 0.3 is 0 Å². The molecule has 3 heterocycles. The zero-order valence-electron chi connectivity index (χ0n) is 13.5. The van der Waals surface area contributed by atoms with E-state index < -0.39 is 0 Å². The molecule has 1 aromatic carbocycles. The molecule has 0 bridgehead atoms. The van der Waals surface area contributed by atoms with E-state index in [1.807, 2.05) is 48.9 Å². The van der Waals surface area contributed by atoms with Crippen molar-refractivity contribution in [3.05, 3.63) is 66.7 Å². The third-order valence-corrected chi connectivity index (χ3v) is 4.53. The van der Waals surface area contributed by atoms with Crippen LogP contribution in [0.3, 0.4) is 0 Å². The van der Waals surface area contributed by atoms with Gasteiger partial charge in [0, 0.05) is 42.2 Å². The Morgan fingerprint density at radius 1 is 0.958 bits per heavy atom. The molecular formula is C20H20N4. The van der Waals surface area contributed by atoms with Crippen molar-refractivity contribution in [2.24, 2.45) is 0 Å². The molecule has 120 valence electrons. The molecule has 4 heteroatoms. The number of benzene rings is 1. The molecule has 3 aromatic rings. The van der Waals surface area contributed by atoms with Crippen LogP contribution in [0.5, 0.6) is 0 Å². The smallest absolute Gasteiger partial charge is 0.159 e. The number of rotatable bonds is 3. The fraction of sp³-hybridized carbons (Fsp3) is 0.250. The van der Waals surface area contributed by atoms with Crippen molar-refractivity contribution in [3.63, 3.8) is 0 Å². The molecule has 0 amide bonds. The zero-order chi connectivity index (χ0) is 16.2. The Morgan fingerprint density at radius 3 is 2.54 bits per heavy atom. The molecule has 0 unspecified atom stereocenters. The molecule has 24 heavy (non-hydrogen) atoms. The predicted octanol–water partition coefficient (Wildman–Crippen LogP) is 3.67.